The fourth-order valence-electron chi connectivity index (χ4n) is 0.590. The maximum absolute atomic E-state index is 5.44. The van der Waals surface area contributed by atoms with Gasteiger partial charge in [0.1, 0.15) is 0 Å². The van der Waals surface area contributed by atoms with Crippen LogP contribution in [0.4, 0.5) is 0 Å². The van der Waals surface area contributed by atoms with Crippen LogP contribution in [-0.4, -0.2) is 0 Å². The van der Waals surface area contributed by atoms with Gasteiger partial charge in [0.05, 0.1) is 0 Å². The van der Waals surface area contributed by atoms with Crippen LogP contribution in [0.25, 0.3) is 0 Å². The van der Waals surface area contributed by atoms with Gasteiger partial charge in [0.2, 0.25) is 0 Å². The van der Waals surface area contributed by atoms with Crippen LogP contribution in [0, 0.1) is 5.41 Å². The standard InChI is InChI=1S/C10H19N/c1-8(10(3,4)5)6-7-9(2)11/h6H,2,7,11H2,1,3-5H3/b8-6+. The van der Waals surface area contributed by atoms with Crippen LogP contribution < -0.4 is 5.73 Å². The zero-order chi connectivity index (χ0) is 9.07. The van der Waals surface area contributed by atoms with Crippen molar-refractivity contribution >= 4 is 0 Å². The van der Waals surface area contributed by atoms with E-state index in [0.29, 0.717) is 0 Å². The number of hydrogen-bond acceptors (Lipinski definition) is 1. The molecule has 0 bridgehead atoms. The third kappa shape index (κ3) is 4.65. The molecule has 1 heteroatoms. The van der Waals surface area contributed by atoms with Crippen molar-refractivity contribution < 1.29 is 0 Å². The molecule has 0 saturated carbocycles. The van der Waals surface area contributed by atoms with Gasteiger partial charge in [0.25, 0.3) is 0 Å². The van der Waals surface area contributed by atoms with Crippen molar-refractivity contribution in [2.75, 3.05) is 0 Å². The molecule has 0 atom stereocenters. The molecule has 0 aliphatic heterocycles. The predicted octanol–water partition coefficient (Wildman–Crippen LogP) is 2.84. The Labute approximate surface area is 70.0 Å². The van der Waals surface area contributed by atoms with E-state index in [4.69, 9.17) is 5.73 Å². The van der Waals surface area contributed by atoms with E-state index in [9.17, 15) is 0 Å². The van der Waals surface area contributed by atoms with Crippen LogP contribution in [0.3, 0.4) is 0 Å². The maximum atomic E-state index is 5.44. The summed E-state index contributed by atoms with van der Waals surface area (Å²) in [5, 5.41) is 0. The molecule has 0 rings (SSSR count). The quantitative estimate of drug-likeness (QED) is 0.606. The third-order valence-electron chi connectivity index (χ3n) is 1.85. The minimum Gasteiger partial charge on any atom is -0.402 e. The Balaban J connectivity index is 4.12. The van der Waals surface area contributed by atoms with Gasteiger partial charge < -0.3 is 5.73 Å². The Kier molecular flexibility index (Phi) is 3.37. The molecule has 0 aliphatic carbocycles. The Bertz CT molecular complexity index is 170. The lowest BCUT2D eigenvalue weighted by atomic mass is 9.87. The highest BCUT2D eigenvalue weighted by Crippen LogP contribution is 2.24. The summed E-state index contributed by atoms with van der Waals surface area (Å²) in [4.78, 5) is 0. The number of hydrogen-bond donors (Lipinski definition) is 1. The van der Waals surface area contributed by atoms with E-state index in [1.807, 2.05) is 0 Å². The van der Waals surface area contributed by atoms with E-state index in [0.717, 1.165) is 12.1 Å². The highest BCUT2D eigenvalue weighted by atomic mass is 14.5. The molecule has 2 N–H and O–H groups in total. The minimum atomic E-state index is 0.259. The molecule has 0 amide bonds. The maximum Gasteiger partial charge on any atom is 0.00460 e. The summed E-state index contributed by atoms with van der Waals surface area (Å²) in [7, 11) is 0. The summed E-state index contributed by atoms with van der Waals surface area (Å²) in [6, 6.07) is 0. The van der Waals surface area contributed by atoms with Crippen molar-refractivity contribution in [2.45, 2.75) is 34.1 Å². The van der Waals surface area contributed by atoms with Gasteiger partial charge in [-0.25, -0.2) is 0 Å². The zero-order valence-corrected chi connectivity index (χ0v) is 8.07. The summed E-state index contributed by atoms with van der Waals surface area (Å²) >= 11 is 0. The number of rotatable bonds is 2. The van der Waals surface area contributed by atoms with Gasteiger partial charge in [-0.1, -0.05) is 39.0 Å². The highest BCUT2D eigenvalue weighted by Gasteiger charge is 2.11. The molecule has 0 unspecified atom stereocenters. The van der Waals surface area contributed by atoms with Crippen molar-refractivity contribution in [3.63, 3.8) is 0 Å². The van der Waals surface area contributed by atoms with E-state index >= 15 is 0 Å². The van der Waals surface area contributed by atoms with Crippen LogP contribution >= 0.6 is 0 Å². The lowest BCUT2D eigenvalue weighted by Gasteiger charge is -2.19. The van der Waals surface area contributed by atoms with E-state index < -0.39 is 0 Å². The topological polar surface area (TPSA) is 26.0 Å². The zero-order valence-electron chi connectivity index (χ0n) is 8.07. The molecule has 0 spiro atoms. The molecule has 0 aromatic carbocycles. The monoisotopic (exact) mass is 153 g/mol. The van der Waals surface area contributed by atoms with Crippen LogP contribution in [0.2, 0.25) is 0 Å². The van der Waals surface area contributed by atoms with E-state index in [2.05, 4.69) is 40.3 Å². The normalized spacial score (nSPS) is 13.3. The van der Waals surface area contributed by atoms with E-state index in [1.165, 1.54) is 5.57 Å². The summed E-state index contributed by atoms with van der Waals surface area (Å²) in [6.07, 6.45) is 2.94. The first kappa shape index (κ1) is 10.3. The first-order chi connectivity index (χ1) is 4.84. The summed E-state index contributed by atoms with van der Waals surface area (Å²) in [5.74, 6) is 0. The van der Waals surface area contributed by atoms with E-state index in [-0.39, 0.29) is 5.41 Å². The van der Waals surface area contributed by atoms with Crippen molar-refractivity contribution in [2.24, 2.45) is 11.1 Å². The van der Waals surface area contributed by atoms with Crippen molar-refractivity contribution in [3.05, 3.63) is 23.9 Å². The molecule has 0 aromatic heterocycles. The second kappa shape index (κ2) is 3.61. The lowest BCUT2D eigenvalue weighted by Crippen LogP contribution is -2.06. The van der Waals surface area contributed by atoms with Crippen molar-refractivity contribution in [1.29, 1.82) is 0 Å². The van der Waals surface area contributed by atoms with Crippen LogP contribution in [0.15, 0.2) is 23.9 Å². The smallest absolute Gasteiger partial charge is 0.00460 e. The predicted molar refractivity (Wildman–Crippen MR) is 51.2 cm³/mol. The van der Waals surface area contributed by atoms with Gasteiger partial charge in [0, 0.05) is 12.1 Å². The van der Waals surface area contributed by atoms with Gasteiger partial charge in [-0.3, -0.25) is 0 Å². The van der Waals surface area contributed by atoms with Gasteiger partial charge >= 0.3 is 0 Å². The number of nitrogens with two attached hydrogens (primary N) is 1. The first-order valence-electron chi connectivity index (χ1n) is 3.94. The van der Waals surface area contributed by atoms with E-state index in [1.54, 1.807) is 0 Å². The Morgan fingerprint density at radius 1 is 1.45 bits per heavy atom. The van der Waals surface area contributed by atoms with Crippen LogP contribution in [0.1, 0.15) is 34.1 Å². The average molecular weight is 153 g/mol. The summed E-state index contributed by atoms with van der Waals surface area (Å²) in [5.41, 5.74) is 7.80. The van der Waals surface area contributed by atoms with Crippen molar-refractivity contribution in [1.82, 2.24) is 0 Å². The molecule has 0 fully saturated rings. The summed E-state index contributed by atoms with van der Waals surface area (Å²) < 4.78 is 0. The summed E-state index contributed by atoms with van der Waals surface area (Å²) in [6.45, 7) is 12.3. The third-order valence-corrected chi connectivity index (χ3v) is 1.85. The van der Waals surface area contributed by atoms with Gasteiger partial charge in [0.15, 0.2) is 0 Å². The van der Waals surface area contributed by atoms with Crippen LogP contribution in [-0.2, 0) is 0 Å². The molecule has 0 heterocycles. The molecule has 0 aromatic rings. The molecule has 11 heavy (non-hydrogen) atoms. The highest BCUT2D eigenvalue weighted by molar-refractivity contribution is 5.11. The second-order valence-corrected chi connectivity index (χ2v) is 4.00. The molecular weight excluding hydrogens is 134 g/mol. The fraction of sp³-hybridized carbons (Fsp3) is 0.600. The minimum absolute atomic E-state index is 0.259. The number of allylic oxidation sites excluding steroid dienone is 2. The molecular formula is C10H19N. The fourth-order valence-corrected chi connectivity index (χ4v) is 0.590. The SMILES string of the molecule is C=C(N)C/C=C(\C)C(C)(C)C. The van der Waals surface area contributed by atoms with Gasteiger partial charge in [-0.2, -0.15) is 0 Å². The van der Waals surface area contributed by atoms with Gasteiger partial charge in [-0.15, -0.1) is 0 Å². The molecule has 0 saturated heterocycles. The largest absolute Gasteiger partial charge is 0.402 e. The molecule has 1 nitrogen and oxygen atoms in total. The Morgan fingerprint density at radius 2 is 1.91 bits per heavy atom. The Hall–Kier alpha value is -0.720. The molecule has 0 radical (unpaired) electrons. The van der Waals surface area contributed by atoms with Crippen LogP contribution in [0.5, 0.6) is 0 Å². The average Bonchev–Trinajstić information content (AvgIpc) is 1.80. The Morgan fingerprint density at radius 3 is 2.18 bits per heavy atom. The second-order valence-electron chi connectivity index (χ2n) is 4.00. The first-order valence-corrected chi connectivity index (χ1v) is 3.94. The van der Waals surface area contributed by atoms with Gasteiger partial charge in [-0.05, 0) is 12.3 Å². The molecule has 64 valence electrons. The lowest BCUT2D eigenvalue weighted by molar-refractivity contribution is 0.502. The molecule has 0 aliphatic rings. The van der Waals surface area contributed by atoms with Crippen molar-refractivity contribution in [3.8, 4) is 0 Å².